The first kappa shape index (κ1) is 19.9. The summed E-state index contributed by atoms with van der Waals surface area (Å²) in [4.78, 5) is 71.0. The van der Waals surface area contributed by atoms with E-state index >= 15 is 0 Å². The van der Waals surface area contributed by atoms with Gasteiger partial charge in [0, 0.05) is 0 Å². The molecule has 2 aromatic carbocycles. The molecule has 2 N–H and O–H groups in total. The quantitative estimate of drug-likeness (QED) is 0.306. The minimum atomic E-state index is -0.993. The van der Waals surface area contributed by atoms with E-state index in [4.69, 9.17) is 9.47 Å². The Balaban J connectivity index is 1.39. The van der Waals surface area contributed by atoms with Crippen LogP contribution < -0.4 is 0 Å². The third-order valence-electron chi connectivity index (χ3n) is 4.58. The van der Waals surface area contributed by atoms with Crippen molar-refractivity contribution in [2.45, 2.75) is 0 Å². The Morgan fingerprint density at radius 2 is 1.00 bits per heavy atom. The van der Waals surface area contributed by atoms with Crippen molar-refractivity contribution in [1.82, 2.24) is 10.1 Å². The van der Waals surface area contributed by atoms with Crippen molar-refractivity contribution in [2.24, 2.45) is 0 Å². The van der Waals surface area contributed by atoms with Gasteiger partial charge in [-0.05, 0) is 36.4 Å². The molecule has 156 valence electrons. The van der Waals surface area contributed by atoms with Crippen LogP contribution in [0.2, 0.25) is 0 Å². The third kappa shape index (κ3) is 3.11. The lowest BCUT2D eigenvalue weighted by Gasteiger charge is -2.07. The van der Waals surface area contributed by atoms with E-state index in [1.807, 2.05) is 0 Å². The second kappa shape index (κ2) is 7.12. The maximum atomic E-state index is 12.1. The molecule has 2 aliphatic rings. The molecule has 0 radical (unpaired) electrons. The summed E-state index contributed by atoms with van der Waals surface area (Å²) in [5.41, 5.74) is -0.793. The fraction of sp³-hybridized carbons (Fsp3) is 0.0526. The minimum Gasteiger partial charge on any atom is -0.424 e. The summed E-state index contributed by atoms with van der Waals surface area (Å²) in [5, 5.41) is 18.5. The van der Waals surface area contributed by atoms with Gasteiger partial charge in [-0.3, -0.25) is 29.6 Å². The first-order valence-electron chi connectivity index (χ1n) is 8.48. The minimum absolute atomic E-state index is 0.0769. The molecule has 0 aliphatic carbocycles. The van der Waals surface area contributed by atoms with Gasteiger partial charge in [0.1, 0.15) is 0 Å². The lowest BCUT2D eigenvalue weighted by atomic mass is 10.1. The summed E-state index contributed by atoms with van der Waals surface area (Å²) < 4.78 is 9.59. The molecule has 0 atom stereocenters. The number of fused-ring (bicyclic) bond motifs is 2. The fourth-order valence-electron chi connectivity index (χ4n) is 3.01. The monoisotopic (exact) mass is 426 g/mol. The van der Waals surface area contributed by atoms with Gasteiger partial charge in [0.25, 0.3) is 23.6 Å². The van der Waals surface area contributed by atoms with Crippen molar-refractivity contribution in [1.29, 1.82) is 0 Å². The molecule has 0 aromatic heterocycles. The van der Waals surface area contributed by atoms with Gasteiger partial charge in [-0.1, -0.05) is 0 Å². The number of rotatable bonds is 4. The van der Waals surface area contributed by atoms with E-state index in [-0.39, 0.29) is 43.5 Å². The average molecular weight is 426 g/mol. The van der Waals surface area contributed by atoms with Gasteiger partial charge in [0.2, 0.25) is 6.79 Å². The maximum absolute atomic E-state index is 12.1. The van der Waals surface area contributed by atoms with Crippen molar-refractivity contribution in [3.8, 4) is 0 Å². The highest BCUT2D eigenvalue weighted by Gasteiger charge is 2.36. The second-order valence-corrected chi connectivity index (χ2v) is 6.35. The van der Waals surface area contributed by atoms with Crippen LogP contribution in [0, 0.1) is 0 Å². The van der Waals surface area contributed by atoms with Crippen molar-refractivity contribution in [3.05, 3.63) is 69.8 Å². The standard InChI is InChI=1S/C19H10N2O10/c22-14-10-3-1-8(5-12(10)16(24)20(14)28)18(26)30-7-31-19(27)9-2-4-11-13(6-9)17(25)21(29)15(11)23/h1-6,28-29H,7H2. The molecule has 2 heterocycles. The summed E-state index contributed by atoms with van der Waals surface area (Å²) in [6.45, 7) is -0.816. The first-order valence-corrected chi connectivity index (χ1v) is 8.48. The number of benzene rings is 2. The predicted molar refractivity (Wildman–Crippen MR) is 93.2 cm³/mol. The Labute approximate surface area is 171 Å². The summed E-state index contributed by atoms with van der Waals surface area (Å²) in [7, 11) is 0. The van der Waals surface area contributed by atoms with Crippen LogP contribution in [0.5, 0.6) is 0 Å². The van der Waals surface area contributed by atoms with E-state index in [2.05, 4.69) is 0 Å². The second-order valence-electron chi connectivity index (χ2n) is 6.35. The number of carbonyl (C=O) groups is 6. The molecule has 12 heteroatoms. The molecule has 4 amide bonds. The van der Waals surface area contributed by atoms with E-state index in [0.29, 0.717) is 0 Å². The number of hydrogen-bond acceptors (Lipinski definition) is 10. The molecule has 0 bridgehead atoms. The molecule has 31 heavy (non-hydrogen) atoms. The Hall–Kier alpha value is -4.42. The lowest BCUT2D eigenvalue weighted by Crippen LogP contribution is -2.25. The third-order valence-corrected chi connectivity index (χ3v) is 4.58. The highest BCUT2D eigenvalue weighted by Crippen LogP contribution is 2.24. The molecule has 0 saturated heterocycles. The fourth-order valence-corrected chi connectivity index (χ4v) is 3.01. The van der Waals surface area contributed by atoms with Crippen LogP contribution in [0.15, 0.2) is 36.4 Å². The molecule has 12 nitrogen and oxygen atoms in total. The zero-order valence-electron chi connectivity index (χ0n) is 15.2. The van der Waals surface area contributed by atoms with Gasteiger partial charge in [-0.15, -0.1) is 10.1 Å². The molecular formula is C19H10N2O10. The zero-order valence-corrected chi connectivity index (χ0v) is 15.2. The van der Waals surface area contributed by atoms with E-state index < -0.39 is 42.4 Å². The van der Waals surface area contributed by atoms with Gasteiger partial charge >= 0.3 is 11.9 Å². The van der Waals surface area contributed by atoms with Crippen LogP contribution in [0.4, 0.5) is 0 Å². The average Bonchev–Trinajstić information content (AvgIpc) is 3.13. The number of hydroxylamine groups is 4. The van der Waals surface area contributed by atoms with Gasteiger partial charge in [0.15, 0.2) is 0 Å². The Kier molecular flexibility index (Phi) is 4.57. The van der Waals surface area contributed by atoms with Crippen LogP contribution in [0.25, 0.3) is 0 Å². The van der Waals surface area contributed by atoms with E-state index in [1.54, 1.807) is 0 Å². The van der Waals surface area contributed by atoms with Crippen LogP contribution in [0.3, 0.4) is 0 Å². The van der Waals surface area contributed by atoms with Crippen LogP contribution in [-0.2, 0) is 9.47 Å². The Morgan fingerprint density at radius 1 is 0.645 bits per heavy atom. The summed E-state index contributed by atoms with van der Waals surface area (Å²) in [6.07, 6.45) is 0. The van der Waals surface area contributed by atoms with Crippen molar-refractivity contribution < 1.29 is 48.7 Å². The SMILES string of the molecule is O=C(OCOC(=O)c1ccc2c(c1)C(=O)N(O)C2=O)c1ccc2c(c1)C(=O)N(O)C2=O. The zero-order chi connectivity index (χ0) is 22.4. The number of imide groups is 2. The van der Waals surface area contributed by atoms with Gasteiger partial charge in [0.05, 0.1) is 33.4 Å². The molecule has 0 spiro atoms. The molecular weight excluding hydrogens is 416 g/mol. The predicted octanol–water partition coefficient (Wildman–Crippen LogP) is 0.628. The summed E-state index contributed by atoms with van der Waals surface area (Å²) in [6, 6.07) is 6.83. The van der Waals surface area contributed by atoms with Crippen LogP contribution >= 0.6 is 0 Å². The molecule has 2 aliphatic heterocycles. The number of nitrogens with zero attached hydrogens (tertiary/aromatic N) is 2. The van der Waals surface area contributed by atoms with Gasteiger partial charge in [-0.25, -0.2) is 9.59 Å². The maximum Gasteiger partial charge on any atom is 0.341 e. The smallest absolute Gasteiger partial charge is 0.341 e. The topological polar surface area (TPSA) is 168 Å². The molecule has 0 unspecified atom stereocenters. The Morgan fingerprint density at radius 3 is 1.39 bits per heavy atom. The van der Waals surface area contributed by atoms with Crippen molar-refractivity contribution >= 4 is 35.6 Å². The molecule has 4 rings (SSSR count). The number of amides is 4. The van der Waals surface area contributed by atoms with E-state index in [9.17, 15) is 39.2 Å². The number of esters is 2. The molecule has 0 fully saturated rings. The van der Waals surface area contributed by atoms with Crippen LogP contribution in [0.1, 0.15) is 62.1 Å². The van der Waals surface area contributed by atoms with Gasteiger partial charge in [-0.2, -0.15) is 0 Å². The summed E-state index contributed by atoms with van der Waals surface area (Å²) >= 11 is 0. The van der Waals surface area contributed by atoms with E-state index in [0.717, 1.165) is 12.1 Å². The lowest BCUT2D eigenvalue weighted by molar-refractivity contribution is -0.0330. The number of carbonyl (C=O) groups excluding carboxylic acids is 6. The highest BCUT2D eigenvalue weighted by atomic mass is 16.7. The van der Waals surface area contributed by atoms with E-state index in [1.165, 1.54) is 24.3 Å². The highest BCUT2D eigenvalue weighted by molar-refractivity contribution is 6.21. The molecule has 0 saturated carbocycles. The van der Waals surface area contributed by atoms with Gasteiger partial charge < -0.3 is 9.47 Å². The normalized spacial score (nSPS) is 14.6. The largest absolute Gasteiger partial charge is 0.424 e. The number of hydrogen-bond donors (Lipinski definition) is 2. The number of ether oxygens (including phenoxy) is 2. The Bertz CT molecular complexity index is 1120. The first-order chi connectivity index (χ1) is 14.7. The summed E-state index contributed by atoms with van der Waals surface area (Å²) in [5.74, 6) is -5.78. The van der Waals surface area contributed by atoms with Crippen molar-refractivity contribution in [3.63, 3.8) is 0 Å². The molecule has 2 aromatic rings. The van der Waals surface area contributed by atoms with Crippen LogP contribution in [-0.4, -0.2) is 62.9 Å². The van der Waals surface area contributed by atoms with Crippen molar-refractivity contribution in [2.75, 3.05) is 6.79 Å².